The molecule has 0 aromatic heterocycles. The topological polar surface area (TPSA) is 35.2 Å². The van der Waals surface area contributed by atoms with Crippen molar-refractivity contribution >= 4 is 11.6 Å². The van der Waals surface area contributed by atoms with Crippen LogP contribution in [0.15, 0.2) is 24.3 Å². The molecule has 106 valence electrons. The largest absolute Gasteiger partial charge is 0.369 e. The number of hydrogen-bond acceptors (Lipinski definition) is 2. The fourth-order valence-electron chi connectivity index (χ4n) is 2.77. The molecule has 2 atom stereocenters. The minimum Gasteiger partial charge on any atom is -0.369 e. The molecule has 0 bridgehead atoms. The number of halogens is 1. The molecule has 1 fully saturated rings. The van der Waals surface area contributed by atoms with Crippen LogP contribution in [0, 0.1) is 0 Å². The van der Waals surface area contributed by atoms with Gasteiger partial charge in [-0.15, -0.1) is 0 Å². The first-order valence-electron chi connectivity index (χ1n) is 7.34. The number of ether oxygens (including phenoxy) is 1. The van der Waals surface area contributed by atoms with Crippen molar-refractivity contribution in [2.75, 3.05) is 0 Å². The maximum atomic E-state index is 6.29. The fourth-order valence-corrected chi connectivity index (χ4v) is 3.01. The van der Waals surface area contributed by atoms with Gasteiger partial charge in [0.25, 0.3) is 0 Å². The summed E-state index contributed by atoms with van der Waals surface area (Å²) in [5, 5.41) is 0.749. The Balaban J connectivity index is 2.10. The van der Waals surface area contributed by atoms with Crippen LogP contribution in [0.1, 0.15) is 57.1 Å². The molecule has 2 unspecified atom stereocenters. The second kappa shape index (κ2) is 7.28. The second-order valence-electron chi connectivity index (χ2n) is 5.55. The quantitative estimate of drug-likeness (QED) is 0.827. The van der Waals surface area contributed by atoms with E-state index in [1.54, 1.807) is 0 Å². The van der Waals surface area contributed by atoms with Crippen LogP contribution in [0.5, 0.6) is 0 Å². The zero-order valence-electron chi connectivity index (χ0n) is 11.6. The summed E-state index contributed by atoms with van der Waals surface area (Å²) in [6.07, 6.45) is 7.70. The van der Waals surface area contributed by atoms with Gasteiger partial charge >= 0.3 is 0 Å². The molecule has 1 aromatic carbocycles. The Kier molecular flexibility index (Phi) is 5.68. The van der Waals surface area contributed by atoms with Gasteiger partial charge < -0.3 is 10.5 Å². The molecule has 2 rings (SSSR count). The van der Waals surface area contributed by atoms with Crippen molar-refractivity contribution in [1.82, 2.24) is 0 Å². The summed E-state index contributed by atoms with van der Waals surface area (Å²) in [4.78, 5) is 0. The van der Waals surface area contributed by atoms with Crippen molar-refractivity contribution in [3.05, 3.63) is 34.9 Å². The fraction of sp³-hybridized carbons (Fsp3) is 0.625. The second-order valence-corrected chi connectivity index (χ2v) is 5.96. The Bertz CT molecular complexity index is 386. The molecule has 19 heavy (non-hydrogen) atoms. The average Bonchev–Trinajstić information content (AvgIpc) is 2.65. The number of hydrogen-bond donors (Lipinski definition) is 1. The Hall–Kier alpha value is -0.570. The molecule has 2 nitrogen and oxygen atoms in total. The smallest absolute Gasteiger partial charge is 0.0991 e. The van der Waals surface area contributed by atoms with Gasteiger partial charge in [0.05, 0.1) is 12.2 Å². The molecule has 0 heterocycles. The lowest BCUT2D eigenvalue weighted by Gasteiger charge is -2.28. The van der Waals surface area contributed by atoms with E-state index >= 15 is 0 Å². The van der Waals surface area contributed by atoms with Crippen molar-refractivity contribution in [1.29, 1.82) is 0 Å². The molecule has 0 aliphatic heterocycles. The van der Waals surface area contributed by atoms with Crippen LogP contribution in [0.4, 0.5) is 0 Å². The van der Waals surface area contributed by atoms with Gasteiger partial charge in [0.2, 0.25) is 0 Å². The minimum absolute atomic E-state index is 0.0526. The lowest BCUT2D eigenvalue weighted by molar-refractivity contribution is -0.0308. The third-order valence-electron chi connectivity index (χ3n) is 3.83. The molecule has 0 saturated heterocycles. The molecule has 3 heteroatoms. The summed E-state index contributed by atoms with van der Waals surface area (Å²) >= 11 is 6.28. The van der Waals surface area contributed by atoms with E-state index in [0.717, 1.165) is 23.4 Å². The van der Waals surface area contributed by atoms with E-state index in [4.69, 9.17) is 22.1 Å². The van der Waals surface area contributed by atoms with Gasteiger partial charge in [0.15, 0.2) is 0 Å². The number of benzene rings is 1. The summed E-state index contributed by atoms with van der Waals surface area (Å²) < 4.78 is 6.29. The van der Waals surface area contributed by atoms with Gasteiger partial charge in [-0.3, -0.25) is 0 Å². The third kappa shape index (κ3) is 4.20. The van der Waals surface area contributed by atoms with Gasteiger partial charge in [0.1, 0.15) is 0 Å². The summed E-state index contributed by atoms with van der Waals surface area (Å²) in [6.45, 7) is 1.99. The van der Waals surface area contributed by atoms with Crippen LogP contribution in [-0.2, 0) is 4.74 Å². The Morgan fingerprint density at radius 1 is 1.16 bits per heavy atom. The predicted octanol–water partition coefficient (Wildman–Crippen LogP) is 4.47. The highest BCUT2D eigenvalue weighted by Crippen LogP contribution is 2.31. The van der Waals surface area contributed by atoms with Crippen LogP contribution >= 0.6 is 11.6 Å². The first kappa shape index (κ1) is 14.8. The lowest BCUT2D eigenvalue weighted by Crippen LogP contribution is -2.30. The highest BCUT2D eigenvalue weighted by molar-refractivity contribution is 6.31. The average molecular weight is 282 g/mol. The van der Waals surface area contributed by atoms with Crippen LogP contribution in [0.25, 0.3) is 0 Å². The molecular formula is C16H24ClNO. The summed E-state index contributed by atoms with van der Waals surface area (Å²) in [5.74, 6) is 0. The molecule has 1 saturated carbocycles. The van der Waals surface area contributed by atoms with Crippen molar-refractivity contribution in [3.63, 3.8) is 0 Å². The highest BCUT2D eigenvalue weighted by Gasteiger charge is 2.24. The third-order valence-corrected chi connectivity index (χ3v) is 4.17. The Labute approximate surface area is 121 Å². The van der Waals surface area contributed by atoms with Crippen molar-refractivity contribution < 1.29 is 4.74 Å². The Morgan fingerprint density at radius 3 is 2.37 bits per heavy atom. The molecule has 1 aliphatic rings. The molecule has 0 amide bonds. The summed E-state index contributed by atoms with van der Waals surface area (Å²) in [7, 11) is 0. The highest BCUT2D eigenvalue weighted by atomic mass is 35.5. The Morgan fingerprint density at radius 2 is 1.79 bits per heavy atom. The van der Waals surface area contributed by atoms with E-state index in [1.807, 2.05) is 31.2 Å². The van der Waals surface area contributed by atoms with E-state index in [9.17, 15) is 0 Å². The summed E-state index contributed by atoms with van der Waals surface area (Å²) in [6, 6.07) is 7.81. The van der Waals surface area contributed by atoms with Crippen LogP contribution in [-0.4, -0.2) is 12.1 Å². The van der Waals surface area contributed by atoms with Gasteiger partial charge in [-0.1, -0.05) is 55.5 Å². The standard InChI is InChI=1S/C16H24ClNO/c1-12(18)16(14-10-6-7-11-15(14)17)19-13-8-4-2-3-5-9-13/h6-7,10-13,16H,2-5,8-9,18H2,1H3. The number of nitrogens with two attached hydrogens (primary N) is 1. The maximum Gasteiger partial charge on any atom is 0.0991 e. The van der Waals surface area contributed by atoms with E-state index in [-0.39, 0.29) is 12.1 Å². The molecule has 0 radical (unpaired) electrons. The molecule has 0 spiro atoms. The van der Waals surface area contributed by atoms with E-state index < -0.39 is 0 Å². The first-order chi connectivity index (χ1) is 9.18. The minimum atomic E-state index is -0.100. The molecule has 2 N–H and O–H groups in total. The molecular weight excluding hydrogens is 258 g/mol. The van der Waals surface area contributed by atoms with E-state index in [2.05, 4.69) is 0 Å². The van der Waals surface area contributed by atoms with Crippen molar-refractivity contribution in [3.8, 4) is 0 Å². The van der Waals surface area contributed by atoms with Gasteiger partial charge in [-0.05, 0) is 25.8 Å². The summed E-state index contributed by atoms with van der Waals surface area (Å²) in [5.41, 5.74) is 7.13. The lowest BCUT2D eigenvalue weighted by atomic mass is 10.0. The van der Waals surface area contributed by atoms with Crippen LogP contribution in [0.3, 0.4) is 0 Å². The van der Waals surface area contributed by atoms with E-state index in [1.165, 1.54) is 25.7 Å². The predicted molar refractivity (Wildman–Crippen MR) is 80.4 cm³/mol. The van der Waals surface area contributed by atoms with Gasteiger partial charge in [-0.2, -0.15) is 0 Å². The van der Waals surface area contributed by atoms with E-state index in [0.29, 0.717) is 6.10 Å². The van der Waals surface area contributed by atoms with Gasteiger partial charge in [0, 0.05) is 16.6 Å². The van der Waals surface area contributed by atoms with Crippen molar-refractivity contribution in [2.24, 2.45) is 5.73 Å². The van der Waals surface area contributed by atoms with Crippen molar-refractivity contribution in [2.45, 2.75) is 63.7 Å². The van der Waals surface area contributed by atoms with Crippen LogP contribution in [0.2, 0.25) is 5.02 Å². The number of rotatable bonds is 4. The van der Waals surface area contributed by atoms with Crippen LogP contribution < -0.4 is 5.73 Å². The van der Waals surface area contributed by atoms with Gasteiger partial charge in [-0.25, -0.2) is 0 Å². The monoisotopic (exact) mass is 281 g/mol. The SMILES string of the molecule is CC(N)C(OC1CCCCCC1)c1ccccc1Cl. The molecule has 1 aliphatic carbocycles. The molecule has 1 aromatic rings. The zero-order valence-corrected chi connectivity index (χ0v) is 12.4. The maximum absolute atomic E-state index is 6.29. The zero-order chi connectivity index (χ0) is 13.7. The normalized spacial score (nSPS) is 20.8. The first-order valence-corrected chi connectivity index (χ1v) is 7.71.